The summed E-state index contributed by atoms with van der Waals surface area (Å²) in [6.07, 6.45) is 1.86. The molecule has 132 valence electrons. The molecule has 0 radical (unpaired) electrons. The number of nitrogens with one attached hydrogen (secondary N) is 1. The van der Waals surface area contributed by atoms with E-state index < -0.39 is 0 Å². The number of rotatable bonds is 6. The molecule has 1 N–H and O–H groups in total. The second-order valence-corrected chi connectivity index (χ2v) is 7.41. The molecule has 1 heterocycles. The standard InChI is InChI=1S/C19H20F2N2S2/c1-2-13-7-8-14(25-21)11-18(13)24-12-16-15(5-3-6-17(16)20)19-22-9-4-10-23-19/h3,5-8,11H,2,4,9-10,12H2,1H3,(H,22,23). The molecule has 0 atom stereocenters. The molecule has 1 aliphatic heterocycles. The smallest absolute Gasteiger partial charge is 0.128 e. The van der Waals surface area contributed by atoms with Crippen LogP contribution in [-0.2, 0) is 12.2 Å². The van der Waals surface area contributed by atoms with Crippen molar-refractivity contribution < 1.29 is 8.28 Å². The van der Waals surface area contributed by atoms with Crippen molar-refractivity contribution in [3.8, 4) is 0 Å². The first-order valence-electron chi connectivity index (χ1n) is 8.33. The Morgan fingerprint density at radius 2 is 2.12 bits per heavy atom. The summed E-state index contributed by atoms with van der Waals surface area (Å²) in [5.41, 5.74) is 2.61. The molecule has 3 rings (SSSR count). The van der Waals surface area contributed by atoms with Crippen LogP contribution in [-0.4, -0.2) is 18.9 Å². The van der Waals surface area contributed by atoms with Gasteiger partial charge in [0.15, 0.2) is 0 Å². The van der Waals surface area contributed by atoms with E-state index in [4.69, 9.17) is 0 Å². The van der Waals surface area contributed by atoms with Crippen LogP contribution >= 0.6 is 23.9 Å². The molecule has 0 spiro atoms. The SMILES string of the molecule is CCc1ccc(SF)cc1SCc1c(F)cccc1C1=NCCCN1. The number of aryl methyl sites for hydroxylation is 1. The van der Waals surface area contributed by atoms with Crippen LogP contribution < -0.4 is 5.32 Å². The third-order valence-electron chi connectivity index (χ3n) is 4.15. The summed E-state index contributed by atoms with van der Waals surface area (Å²) in [5.74, 6) is 1.02. The minimum atomic E-state index is -0.228. The molecule has 0 bridgehead atoms. The molecule has 1 aliphatic rings. The predicted molar refractivity (Wildman–Crippen MR) is 103 cm³/mol. The number of benzene rings is 2. The number of hydrogen-bond donors (Lipinski definition) is 1. The van der Waals surface area contributed by atoms with Crippen molar-refractivity contribution in [3.05, 3.63) is 58.9 Å². The summed E-state index contributed by atoms with van der Waals surface area (Å²) in [6, 6.07) is 10.7. The summed E-state index contributed by atoms with van der Waals surface area (Å²) < 4.78 is 27.4. The van der Waals surface area contributed by atoms with Gasteiger partial charge in [-0.15, -0.1) is 11.8 Å². The molecule has 0 unspecified atom stereocenters. The van der Waals surface area contributed by atoms with E-state index in [1.807, 2.05) is 18.2 Å². The lowest BCUT2D eigenvalue weighted by Gasteiger charge is -2.18. The van der Waals surface area contributed by atoms with Crippen LogP contribution in [0.3, 0.4) is 0 Å². The molecule has 0 aromatic heterocycles. The number of halogens is 2. The van der Waals surface area contributed by atoms with E-state index in [0.717, 1.165) is 47.8 Å². The Morgan fingerprint density at radius 1 is 1.24 bits per heavy atom. The minimum absolute atomic E-state index is 0.228. The van der Waals surface area contributed by atoms with Gasteiger partial charge in [-0.05, 0) is 36.6 Å². The zero-order valence-electron chi connectivity index (χ0n) is 14.0. The summed E-state index contributed by atoms with van der Waals surface area (Å²) in [4.78, 5) is 6.07. The summed E-state index contributed by atoms with van der Waals surface area (Å²) in [5, 5.41) is 3.26. The monoisotopic (exact) mass is 378 g/mol. The Hall–Kier alpha value is -1.53. The third-order valence-corrected chi connectivity index (χ3v) is 5.71. The Morgan fingerprint density at radius 3 is 2.84 bits per heavy atom. The zero-order valence-corrected chi connectivity index (χ0v) is 15.7. The molecular weight excluding hydrogens is 358 g/mol. The van der Waals surface area contributed by atoms with Gasteiger partial charge in [0.2, 0.25) is 0 Å². The lowest BCUT2D eigenvalue weighted by Crippen LogP contribution is -2.31. The maximum atomic E-state index is 14.5. The van der Waals surface area contributed by atoms with Gasteiger partial charge in [0.25, 0.3) is 0 Å². The van der Waals surface area contributed by atoms with E-state index in [1.54, 1.807) is 23.9 Å². The van der Waals surface area contributed by atoms with Crippen LogP contribution in [0.25, 0.3) is 0 Å². The van der Waals surface area contributed by atoms with Gasteiger partial charge in [-0.1, -0.05) is 25.1 Å². The first-order valence-corrected chi connectivity index (χ1v) is 10.0. The Kier molecular flexibility index (Phi) is 6.37. The molecule has 25 heavy (non-hydrogen) atoms. The fourth-order valence-electron chi connectivity index (χ4n) is 2.80. The number of nitrogens with zero attached hydrogens (tertiary/aromatic N) is 1. The average molecular weight is 379 g/mol. The number of hydrogen-bond acceptors (Lipinski definition) is 4. The highest BCUT2D eigenvalue weighted by atomic mass is 32.2. The van der Waals surface area contributed by atoms with Gasteiger partial charge in [0.1, 0.15) is 11.7 Å². The van der Waals surface area contributed by atoms with E-state index in [0.29, 0.717) is 16.2 Å². The molecule has 0 saturated carbocycles. The molecular formula is C19H20F2N2S2. The van der Waals surface area contributed by atoms with Crippen molar-refractivity contribution in [1.29, 1.82) is 0 Å². The van der Waals surface area contributed by atoms with Crippen LogP contribution in [0.5, 0.6) is 0 Å². The van der Waals surface area contributed by atoms with E-state index in [2.05, 4.69) is 17.2 Å². The van der Waals surface area contributed by atoms with Crippen LogP contribution in [0.2, 0.25) is 0 Å². The van der Waals surface area contributed by atoms with Gasteiger partial charge in [-0.3, -0.25) is 4.99 Å². The highest BCUT2D eigenvalue weighted by Crippen LogP contribution is 2.33. The van der Waals surface area contributed by atoms with Gasteiger partial charge in [0, 0.05) is 39.8 Å². The second kappa shape index (κ2) is 8.72. The van der Waals surface area contributed by atoms with Gasteiger partial charge < -0.3 is 5.32 Å². The molecule has 0 saturated heterocycles. The molecule has 6 heteroatoms. The lowest BCUT2D eigenvalue weighted by atomic mass is 10.1. The van der Waals surface area contributed by atoms with Gasteiger partial charge in [0.05, 0.1) is 12.1 Å². The topological polar surface area (TPSA) is 24.4 Å². The van der Waals surface area contributed by atoms with Crippen LogP contribution in [0.4, 0.5) is 8.28 Å². The molecule has 2 aromatic carbocycles. The fraction of sp³-hybridized carbons (Fsp3) is 0.316. The lowest BCUT2D eigenvalue weighted by molar-refractivity contribution is 0.616. The second-order valence-electron chi connectivity index (χ2n) is 5.77. The molecule has 0 aliphatic carbocycles. The van der Waals surface area contributed by atoms with E-state index in [9.17, 15) is 8.28 Å². The van der Waals surface area contributed by atoms with Crippen molar-refractivity contribution in [1.82, 2.24) is 5.32 Å². The van der Waals surface area contributed by atoms with Gasteiger partial charge in [-0.2, -0.15) is 3.89 Å². The van der Waals surface area contributed by atoms with Gasteiger partial charge >= 0.3 is 0 Å². The van der Waals surface area contributed by atoms with Crippen molar-refractivity contribution in [3.63, 3.8) is 0 Å². The summed E-state index contributed by atoms with van der Waals surface area (Å²) in [7, 11) is 0. The molecule has 0 fully saturated rings. The van der Waals surface area contributed by atoms with Gasteiger partial charge in [-0.25, -0.2) is 4.39 Å². The maximum absolute atomic E-state index is 14.5. The number of aliphatic imine (C=N–C) groups is 1. The Balaban J connectivity index is 1.87. The normalized spacial score (nSPS) is 14.1. The first-order chi connectivity index (χ1) is 12.2. The fourth-order valence-corrected chi connectivity index (χ4v) is 4.36. The third kappa shape index (κ3) is 4.36. The molecule has 0 amide bonds. The molecule has 2 aromatic rings. The summed E-state index contributed by atoms with van der Waals surface area (Å²) >= 11 is 1.78. The minimum Gasteiger partial charge on any atom is -0.370 e. The largest absolute Gasteiger partial charge is 0.370 e. The van der Waals surface area contributed by atoms with E-state index >= 15 is 0 Å². The van der Waals surface area contributed by atoms with Crippen molar-refractivity contribution in [2.75, 3.05) is 13.1 Å². The predicted octanol–water partition coefficient (Wildman–Crippen LogP) is 5.40. The highest BCUT2D eigenvalue weighted by molar-refractivity contribution is 7.98. The van der Waals surface area contributed by atoms with Crippen LogP contribution in [0.15, 0.2) is 51.2 Å². The van der Waals surface area contributed by atoms with Crippen LogP contribution in [0, 0.1) is 5.82 Å². The van der Waals surface area contributed by atoms with Crippen molar-refractivity contribution in [2.24, 2.45) is 4.99 Å². The average Bonchev–Trinajstić information content (AvgIpc) is 2.67. The number of thioether (sulfide) groups is 1. The molecule has 2 nitrogen and oxygen atoms in total. The Bertz CT molecular complexity index is 778. The number of amidine groups is 1. The zero-order chi connectivity index (χ0) is 17.6. The highest BCUT2D eigenvalue weighted by Gasteiger charge is 2.16. The maximum Gasteiger partial charge on any atom is 0.128 e. The Labute approximate surface area is 155 Å². The van der Waals surface area contributed by atoms with Crippen LogP contribution in [0.1, 0.15) is 30.0 Å². The van der Waals surface area contributed by atoms with Crippen molar-refractivity contribution in [2.45, 2.75) is 35.3 Å². The van der Waals surface area contributed by atoms with E-state index in [-0.39, 0.29) is 18.0 Å². The van der Waals surface area contributed by atoms with E-state index in [1.165, 1.54) is 6.07 Å². The summed E-state index contributed by atoms with van der Waals surface area (Å²) in [6.45, 7) is 3.69. The quantitative estimate of drug-likeness (QED) is 0.682. The first kappa shape index (κ1) is 18.3. The van der Waals surface area contributed by atoms with Crippen molar-refractivity contribution >= 4 is 29.7 Å².